The standard InChI is InChI=1S/C37H44ClN3/c1-6-8-31-21-28(25-39-27(31)3)22-33-23-35(14-11-29(33)7-2)41-19-17-40(18-20-41)26-32-15-16-37(4,5)24-36(32)30-9-12-34(38)13-10-30/h6-14,21,23,25H,2,15-20,22,24,26H2,1,3-5H3/b8-6-. The molecule has 0 amide bonds. The lowest BCUT2D eigenvalue weighted by atomic mass is 9.72. The van der Waals surface area contributed by atoms with Crippen LogP contribution in [0, 0.1) is 12.3 Å². The number of rotatable bonds is 8. The van der Waals surface area contributed by atoms with Gasteiger partial charge in [-0.1, -0.05) is 74.0 Å². The van der Waals surface area contributed by atoms with Crippen molar-refractivity contribution in [1.29, 1.82) is 0 Å². The number of allylic oxidation sites excluding steroid dienone is 2. The number of aromatic nitrogens is 1. The lowest BCUT2D eigenvalue weighted by molar-refractivity contribution is 0.264. The van der Waals surface area contributed by atoms with Gasteiger partial charge in [0.25, 0.3) is 0 Å². The molecule has 41 heavy (non-hydrogen) atoms. The number of anilines is 1. The van der Waals surface area contributed by atoms with Crippen molar-refractivity contribution >= 4 is 35.0 Å². The summed E-state index contributed by atoms with van der Waals surface area (Å²) in [6.07, 6.45) is 12.6. The van der Waals surface area contributed by atoms with Gasteiger partial charge in [-0.2, -0.15) is 0 Å². The van der Waals surface area contributed by atoms with Crippen LogP contribution in [0.2, 0.25) is 5.02 Å². The number of pyridine rings is 1. The van der Waals surface area contributed by atoms with Crippen molar-refractivity contribution in [2.75, 3.05) is 37.6 Å². The van der Waals surface area contributed by atoms with E-state index in [2.05, 4.69) is 97.6 Å². The molecule has 0 spiro atoms. The van der Waals surface area contributed by atoms with Crippen molar-refractivity contribution in [2.24, 2.45) is 5.41 Å². The van der Waals surface area contributed by atoms with Crippen LogP contribution < -0.4 is 4.90 Å². The molecule has 214 valence electrons. The van der Waals surface area contributed by atoms with Gasteiger partial charge in [-0.05, 0) is 109 Å². The van der Waals surface area contributed by atoms with E-state index in [1.165, 1.54) is 51.9 Å². The fourth-order valence-electron chi connectivity index (χ4n) is 6.30. The Bertz CT molecular complexity index is 1440. The fourth-order valence-corrected chi connectivity index (χ4v) is 6.43. The van der Waals surface area contributed by atoms with Gasteiger partial charge in [0.15, 0.2) is 0 Å². The Balaban J connectivity index is 1.29. The molecular formula is C37H44ClN3. The van der Waals surface area contributed by atoms with Crippen LogP contribution in [0.15, 0.2) is 73.0 Å². The third-order valence-corrected chi connectivity index (χ3v) is 9.05. The van der Waals surface area contributed by atoms with Crippen molar-refractivity contribution in [3.63, 3.8) is 0 Å². The van der Waals surface area contributed by atoms with Crippen LogP contribution in [0.25, 0.3) is 17.7 Å². The zero-order chi connectivity index (χ0) is 29.0. The largest absolute Gasteiger partial charge is 0.369 e. The molecule has 1 aliphatic carbocycles. The first kappa shape index (κ1) is 29.4. The zero-order valence-electron chi connectivity index (χ0n) is 25.2. The molecule has 4 heteroatoms. The Hall–Kier alpha value is -3.14. The minimum absolute atomic E-state index is 0.343. The van der Waals surface area contributed by atoms with Crippen molar-refractivity contribution in [3.8, 4) is 0 Å². The van der Waals surface area contributed by atoms with Crippen LogP contribution >= 0.6 is 11.6 Å². The molecule has 1 saturated heterocycles. The highest BCUT2D eigenvalue weighted by Gasteiger charge is 2.29. The van der Waals surface area contributed by atoms with Gasteiger partial charge in [-0.3, -0.25) is 9.88 Å². The number of aryl methyl sites for hydroxylation is 1. The summed E-state index contributed by atoms with van der Waals surface area (Å²) in [4.78, 5) is 9.85. The summed E-state index contributed by atoms with van der Waals surface area (Å²) >= 11 is 6.21. The first-order valence-electron chi connectivity index (χ1n) is 15.0. The number of benzene rings is 2. The van der Waals surface area contributed by atoms with Crippen LogP contribution in [-0.4, -0.2) is 42.6 Å². The fraction of sp³-hybridized carbons (Fsp3) is 0.378. The maximum absolute atomic E-state index is 6.21. The van der Waals surface area contributed by atoms with E-state index >= 15 is 0 Å². The summed E-state index contributed by atoms with van der Waals surface area (Å²) in [5.41, 5.74) is 12.1. The molecule has 2 aromatic carbocycles. The van der Waals surface area contributed by atoms with E-state index in [0.29, 0.717) is 5.41 Å². The predicted octanol–water partition coefficient (Wildman–Crippen LogP) is 9.10. The lowest BCUT2D eigenvalue weighted by Crippen LogP contribution is -2.47. The van der Waals surface area contributed by atoms with E-state index in [-0.39, 0.29) is 0 Å². The summed E-state index contributed by atoms with van der Waals surface area (Å²) in [6.45, 7) is 18.3. The molecule has 1 aliphatic heterocycles. The van der Waals surface area contributed by atoms with E-state index < -0.39 is 0 Å². The summed E-state index contributed by atoms with van der Waals surface area (Å²) in [7, 11) is 0. The van der Waals surface area contributed by atoms with Gasteiger partial charge in [0.2, 0.25) is 0 Å². The van der Waals surface area contributed by atoms with Gasteiger partial charge < -0.3 is 4.90 Å². The van der Waals surface area contributed by atoms with Crippen LogP contribution in [0.1, 0.15) is 73.5 Å². The van der Waals surface area contributed by atoms with Gasteiger partial charge in [0.05, 0.1) is 0 Å². The van der Waals surface area contributed by atoms with Crippen molar-refractivity contribution in [3.05, 3.63) is 111 Å². The zero-order valence-corrected chi connectivity index (χ0v) is 26.0. The van der Waals surface area contributed by atoms with Gasteiger partial charge in [-0.15, -0.1) is 0 Å². The SMILES string of the molecule is C=Cc1ccc(N2CCN(CC3=C(c4ccc(Cl)cc4)CC(C)(C)CC3)CC2)cc1Cc1cnc(C)c(/C=C\C)c1. The molecule has 1 fully saturated rings. The molecule has 2 heterocycles. The number of nitrogens with zero attached hydrogens (tertiary/aromatic N) is 3. The molecule has 0 radical (unpaired) electrons. The molecule has 0 saturated carbocycles. The summed E-state index contributed by atoms with van der Waals surface area (Å²) in [5.74, 6) is 0. The molecule has 0 N–H and O–H groups in total. The van der Waals surface area contributed by atoms with E-state index in [0.717, 1.165) is 56.3 Å². The second-order valence-electron chi connectivity index (χ2n) is 12.5. The molecular weight excluding hydrogens is 522 g/mol. The molecule has 5 rings (SSSR count). The number of halogens is 1. The van der Waals surface area contributed by atoms with Crippen LogP contribution in [0.3, 0.4) is 0 Å². The second kappa shape index (κ2) is 12.8. The van der Waals surface area contributed by atoms with Gasteiger partial charge in [-0.25, -0.2) is 0 Å². The van der Waals surface area contributed by atoms with Gasteiger partial charge >= 0.3 is 0 Å². The maximum atomic E-state index is 6.21. The topological polar surface area (TPSA) is 19.4 Å². The van der Waals surface area contributed by atoms with E-state index in [9.17, 15) is 0 Å². The van der Waals surface area contributed by atoms with E-state index in [1.807, 2.05) is 24.4 Å². The first-order valence-corrected chi connectivity index (χ1v) is 15.4. The molecule has 0 unspecified atom stereocenters. The minimum atomic E-state index is 0.343. The normalized spacial score (nSPS) is 17.8. The Morgan fingerprint density at radius 3 is 2.46 bits per heavy atom. The van der Waals surface area contributed by atoms with E-state index in [1.54, 1.807) is 5.57 Å². The third-order valence-electron chi connectivity index (χ3n) is 8.80. The molecule has 2 aliphatic rings. The van der Waals surface area contributed by atoms with Crippen molar-refractivity contribution < 1.29 is 0 Å². The first-order chi connectivity index (χ1) is 19.7. The molecule has 3 aromatic rings. The molecule has 0 bridgehead atoms. The molecule has 0 atom stereocenters. The van der Waals surface area contributed by atoms with Crippen LogP contribution in [0.4, 0.5) is 5.69 Å². The Labute approximate surface area is 252 Å². The molecule has 1 aromatic heterocycles. The number of hydrogen-bond acceptors (Lipinski definition) is 3. The Kier molecular flexibility index (Phi) is 9.16. The maximum Gasteiger partial charge on any atom is 0.0445 e. The third kappa shape index (κ3) is 7.20. The quantitative estimate of drug-likeness (QED) is 0.271. The summed E-state index contributed by atoms with van der Waals surface area (Å²) in [5, 5.41) is 0.806. The summed E-state index contributed by atoms with van der Waals surface area (Å²) < 4.78 is 0. The Morgan fingerprint density at radius 1 is 1.00 bits per heavy atom. The highest BCUT2D eigenvalue weighted by Crippen LogP contribution is 2.43. The summed E-state index contributed by atoms with van der Waals surface area (Å²) in [6, 6.07) is 17.6. The smallest absolute Gasteiger partial charge is 0.0445 e. The number of hydrogen-bond donors (Lipinski definition) is 0. The lowest BCUT2D eigenvalue weighted by Gasteiger charge is -2.39. The van der Waals surface area contributed by atoms with Gasteiger partial charge in [0, 0.05) is 55.3 Å². The van der Waals surface area contributed by atoms with Crippen LogP contribution in [0.5, 0.6) is 0 Å². The second-order valence-corrected chi connectivity index (χ2v) is 12.9. The minimum Gasteiger partial charge on any atom is -0.369 e. The average Bonchev–Trinajstić information content (AvgIpc) is 2.96. The number of piperazine rings is 1. The highest BCUT2D eigenvalue weighted by molar-refractivity contribution is 6.30. The Morgan fingerprint density at radius 2 is 1.76 bits per heavy atom. The van der Waals surface area contributed by atoms with Gasteiger partial charge in [0.1, 0.15) is 0 Å². The van der Waals surface area contributed by atoms with Crippen molar-refractivity contribution in [2.45, 2.75) is 53.4 Å². The van der Waals surface area contributed by atoms with Crippen LogP contribution in [-0.2, 0) is 6.42 Å². The predicted molar refractivity (Wildman–Crippen MR) is 178 cm³/mol. The highest BCUT2D eigenvalue weighted by atomic mass is 35.5. The molecule has 3 nitrogen and oxygen atoms in total. The van der Waals surface area contributed by atoms with E-state index in [4.69, 9.17) is 11.6 Å². The average molecular weight is 566 g/mol. The van der Waals surface area contributed by atoms with Crippen molar-refractivity contribution in [1.82, 2.24) is 9.88 Å². The monoisotopic (exact) mass is 565 g/mol.